The summed E-state index contributed by atoms with van der Waals surface area (Å²) in [4.78, 5) is 21.7. The molecular weight excluding hydrogens is 236 g/mol. The van der Waals surface area contributed by atoms with Gasteiger partial charge in [-0.3, -0.25) is 4.79 Å². The molecule has 18 heavy (non-hydrogen) atoms. The maximum absolute atomic E-state index is 11.4. The number of amides is 2. The topological polar surface area (TPSA) is 87.7 Å². The molecule has 0 saturated carbocycles. The number of carbonyl (C=O) groups excluding carboxylic acids is 1. The van der Waals surface area contributed by atoms with E-state index in [4.69, 9.17) is 9.84 Å². The maximum atomic E-state index is 11.4. The second-order valence-electron chi connectivity index (χ2n) is 3.95. The summed E-state index contributed by atoms with van der Waals surface area (Å²) < 4.78 is 5.36. The molecule has 0 atom stereocenters. The summed E-state index contributed by atoms with van der Waals surface area (Å²) in [5, 5.41) is 13.6. The van der Waals surface area contributed by atoms with E-state index in [1.165, 1.54) is 0 Å². The Balaban J connectivity index is 1.85. The van der Waals surface area contributed by atoms with Gasteiger partial charge in [0.05, 0.1) is 13.0 Å². The molecule has 1 heterocycles. The third-order valence-electron chi connectivity index (χ3n) is 2.57. The summed E-state index contributed by atoms with van der Waals surface area (Å²) in [5.74, 6) is -0.0863. The van der Waals surface area contributed by atoms with Gasteiger partial charge in [-0.25, -0.2) is 4.79 Å². The Morgan fingerprint density at radius 3 is 3.00 bits per heavy atom. The number of urea groups is 1. The van der Waals surface area contributed by atoms with E-state index in [2.05, 4.69) is 10.6 Å². The van der Waals surface area contributed by atoms with E-state index in [1.54, 1.807) is 6.07 Å². The second kappa shape index (κ2) is 5.39. The monoisotopic (exact) mass is 250 g/mol. The van der Waals surface area contributed by atoms with Crippen molar-refractivity contribution in [3.63, 3.8) is 0 Å². The third kappa shape index (κ3) is 3.13. The minimum atomic E-state index is -0.940. The number of carbonyl (C=O) groups is 2. The van der Waals surface area contributed by atoms with Crippen LogP contribution in [0, 0.1) is 0 Å². The van der Waals surface area contributed by atoms with Crippen molar-refractivity contribution < 1.29 is 19.4 Å². The van der Waals surface area contributed by atoms with Gasteiger partial charge in [0.1, 0.15) is 5.75 Å². The van der Waals surface area contributed by atoms with Gasteiger partial charge in [0.25, 0.3) is 0 Å². The molecule has 2 rings (SSSR count). The maximum Gasteiger partial charge on any atom is 0.319 e. The van der Waals surface area contributed by atoms with E-state index in [1.807, 2.05) is 12.1 Å². The second-order valence-corrected chi connectivity index (χ2v) is 3.95. The van der Waals surface area contributed by atoms with Crippen LogP contribution in [0.5, 0.6) is 5.75 Å². The van der Waals surface area contributed by atoms with Crippen LogP contribution in [-0.4, -0.2) is 30.3 Å². The lowest BCUT2D eigenvalue weighted by Crippen LogP contribution is -2.30. The lowest BCUT2D eigenvalue weighted by Gasteiger charge is -2.07. The van der Waals surface area contributed by atoms with Gasteiger partial charge in [-0.05, 0) is 23.8 Å². The average Bonchev–Trinajstić information content (AvgIpc) is 2.75. The molecule has 96 valence electrons. The van der Waals surface area contributed by atoms with Crippen molar-refractivity contribution in [2.24, 2.45) is 0 Å². The zero-order valence-corrected chi connectivity index (χ0v) is 9.73. The Hall–Kier alpha value is -2.24. The molecule has 0 spiro atoms. The first-order valence-electron chi connectivity index (χ1n) is 5.67. The number of fused-ring (bicyclic) bond motifs is 1. The van der Waals surface area contributed by atoms with Crippen molar-refractivity contribution in [2.75, 3.05) is 18.5 Å². The molecule has 1 aliphatic heterocycles. The Morgan fingerprint density at radius 1 is 1.39 bits per heavy atom. The fourth-order valence-corrected chi connectivity index (χ4v) is 1.72. The van der Waals surface area contributed by atoms with Crippen LogP contribution in [0.4, 0.5) is 10.5 Å². The number of hydrogen-bond acceptors (Lipinski definition) is 3. The predicted molar refractivity (Wildman–Crippen MR) is 64.9 cm³/mol. The summed E-state index contributed by atoms with van der Waals surface area (Å²) in [7, 11) is 0. The highest BCUT2D eigenvalue weighted by molar-refractivity contribution is 5.89. The summed E-state index contributed by atoms with van der Waals surface area (Å²) >= 11 is 0. The number of nitrogens with one attached hydrogen (secondary N) is 2. The fraction of sp³-hybridized carbons (Fsp3) is 0.333. The Kier molecular flexibility index (Phi) is 3.66. The standard InChI is InChI=1S/C12H14N2O4/c15-11(16)3-5-13-12(17)14-9-1-2-10-8(7-9)4-6-18-10/h1-2,7H,3-6H2,(H,15,16)(H2,13,14,17). The average molecular weight is 250 g/mol. The first-order valence-corrected chi connectivity index (χ1v) is 5.67. The highest BCUT2D eigenvalue weighted by atomic mass is 16.5. The van der Waals surface area contributed by atoms with E-state index < -0.39 is 12.0 Å². The number of ether oxygens (including phenoxy) is 1. The summed E-state index contributed by atoms with van der Waals surface area (Å²) in [6.45, 7) is 0.777. The highest BCUT2D eigenvalue weighted by Gasteiger charge is 2.12. The minimum absolute atomic E-state index is 0.0918. The van der Waals surface area contributed by atoms with Gasteiger partial charge in [-0.15, -0.1) is 0 Å². The molecule has 1 aliphatic rings. The number of rotatable bonds is 4. The zero-order chi connectivity index (χ0) is 13.0. The van der Waals surface area contributed by atoms with Crippen LogP contribution < -0.4 is 15.4 Å². The molecule has 3 N–H and O–H groups in total. The summed E-state index contributed by atoms with van der Waals surface area (Å²) in [6.07, 6.45) is 0.747. The normalized spacial score (nSPS) is 12.4. The van der Waals surface area contributed by atoms with Gasteiger partial charge in [0.15, 0.2) is 0 Å². The summed E-state index contributed by atoms with van der Waals surface area (Å²) in [5.41, 5.74) is 1.74. The SMILES string of the molecule is O=C(O)CCNC(=O)Nc1ccc2c(c1)CCO2. The van der Waals surface area contributed by atoms with E-state index in [9.17, 15) is 9.59 Å². The molecule has 0 unspecified atom stereocenters. The zero-order valence-electron chi connectivity index (χ0n) is 9.73. The number of aliphatic carboxylic acids is 1. The van der Waals surface area contributed by atoms with Crippen molar-refractivity contribution in [3.8, 4) is 5.75 Å². The van der Waals surface area contributed by atoms with E-state index in [-0.39, 0.29) is 13.0 Å². The quantitative estimate of drug-likeness (QED) is 0.749. The van der Waals surface area contributed by atoms with Crippen LogP contribution in [-0.2, 0) is 11.2 Å². The fourth-order valence-electron chi connectivity index (χ4n) is 1.72. The van der Waals surface area contributed by atoms with Gasteiger partial charge < -0.3 is 20.5 Å². The van der Waals surface area contributed by atoms with Crippen LogP contribution in [0.25, 0.3) is 0 Å². The number of hydrogen-bond donors (Lipinski definition) is 3. The van der Waals surface area contributed by atoms with Crippen molar-refractivity contribution in [1.82, 2.24) is 5.32 Å². The molecular formula is C12H14N2O4. The minimum Gasteiger partial charge on any atom is -0.493 e. The molecule has 2 amide bonds. The number of carboxylic acids is 1. The summed E-state index contributed by atoms with van der Waals surface area (Å²) in [6, 6.07) is 5.02. The first-order chi connectivity index (χ1) is 8.65. The molecule has 0 saturated heterocycles. The number of carboxylic acid groups (broad SMARTS) is 1. The molecule has 6 nitrogen and oxygen atoms in total. The van der Waals surface area contributed by atoms with E-state index >= 15 is 0 Å². The number of benzene rings is 1. The molecule has 0 aliphatic carbocycles. The molecule has 0 bridgehead atoms. The molecule has 0 fully saturated rings. The van der Waals surface area contributed by atoms with Gasteiger partial charge in [-0.2, -0.15) is 0 Å². The highest BCUT2D eigenvalue weighted by Crippen LogP contribution is 2.27. The third-order valence-corrected chi connectivity index (χ3v) is 2.57. The Labute approximate surface area is 104 Å². The van der Waals surface area contributed by atoms with Gasteiger partial charge >= 0.3 is 12.0 Å². The molecule has 0 aromatic heterocycles. The number of anilines is 1. The molecule has 0 radical (unpaired) electrons. The predicted octanol–water partition coefficient (Wildman–Crippen LogP) is 1.22. The van der Waals surface area contributed by atoms with E-state index in [0.29, 0.717) is 12.3 Å². The lowest BCUT2D eigenvalue weighted by molar-refractivity contribution is -0.136. The molecule has 1 aromatic carbocycles. The van der Waals surface area contributed by atoms with Crippen molar-refractivity contribution in [2.45, 2.75) is 12.8 Å². The van der Waals surface area contributed by atoms with Crippen LogP contribution >= 0.6 is 0 Å². The lowest BCUT2D eigenvalue weighted by atomic mass is 10.1. The van der Waals surface area contributed by atoms with Crippen LogP contribution in [0.2, 0.25) is 0 Å². The van der Waals surface area contributed by atoms with Crippen LogP contribution in [0.1, 0.15) is 12.0 Å². The largest absolute Gasteiger partial charge is 0.493 e. The molecule has 6 heteroatoms. The van der Waals surface area contributed by atoms with Crippen molar-refractivity contribution in [1.29, 1.82) is 0 Å². The van der Waals surface area contributed by atoms with Crippen LogP contribution in [0.15, 0.2) is 18.2 Å². The van der Waals surface area contributed by atoms with Crippen molar-refractivity contribution >= 4 is 17.7 Å². The van der Waals surface area contributed by atoms with Gasteiger partial charge in [0.2, 0.25) is 0 Å². The Morgan fingerprint density at radius 2 is 2.22 bits per heavy atom. The van der Waals surface area contributed by atoms with Crippen LogP contribution in [0.3, 0.4) is 0 Å². The smallest absolute Gasteiger partial charge is 0.319 e. The van der Waals surface area contributed by atoms with Gasteiger partial charge in [-0.1, -0.05) is 0 Å². The Bertz CT molecular complexity index is 473. The van der Waals surface area contributed by atoms with Crippen molar-refractivity contribution in [3.05, 3.63) is 23.8 Å². The van der Waals surface area contributed by atoms with E-state index in [0.717, 1.165) is 17.7 Å². The van der Waals surface area contributed by atoms with Gasteiger partial charge in [0, 0.05) is 18.7 Å². The molecule has 1 aromatic rings. The first kappa shape index (κ1) is 12.2.